The first-order chi connectivity index (χ1) is 17.1. The van der Waals surface area contributed by atoms with Gasteiger partial charge in [0, 0.05) is 13.2 Å². The summed E-state index contributed by atoms with van der Waals surface area (Å²) in [5.74, 6) is -1.53. The topological polar surface area (TPSA) is 115 Å². The van der Waals surface area contributed by atoms with E-state index >= 15 is 0 Å². The number of halogens is 3. The number of carbonyl (C=O) groups excluding carboxylic acids is 2. The molecule has 192 valence electrons. The lowest BCUT2D eigenvalue weighted by atomic mass is 10.0. The number of amides is 2. The highest BCUT2D eigenvalue weighted by molar-refractivity contribution is 6.40. The highest BCUT2D eigenvalue weighted by Crippen LogP contribution is 2.33. The van der Waals surface area contributed by atoms with Crippen molar-refractivity contribution in [3.63, 3.8) is 0 Å². The molecule has 12 heteroatoms. The van der Waals surface area contributed by atoms with Crippen molar-refractivity contribution in [2.45, 2.75) is 51.6 Å². The highest BCUT2D eigenvalue weighted by atomic mass is 19.4. The average molecular weight is 505 g/mol. The number of nitrogen functional groups attached to an aromatic ring is 1. The Morgan fingerprint density at radius 3 is 2.58 bits per heavy atom. The lowest BCUT2D eigenvalue weighted by Gasteiger charge is -2.28. The van der Waals surface area contributed by atoms with Gasteiger partial charge >= 0.3 is 18.0 Å². The van der Waals surface area contributed by atoms with Gasteiger partial charge in [-0.3, -0.25) is 9.59 Å². The third-order valence-electron chi connectivity index (χ3n) is 6.32. The molecule has 2 aromatic heterocycles. The zero-order chi connectivity index (χ0) is 26.0. The van der Waals surface area contributed by atoms with E-state index in [1.807, 2.05) is 0 Å². The predicted molar refractivity (Wildman–Crippen MR) is 127 cm³/mol. The van der Waals surface area contributed by atoms with E-state index in [-0.39, 0.29) is 24.3 Å². The lowest BCUT2D eigenvalue weighted by Crippen LogP contribution is -2.41. The summed E-state index contributed by atoms with van der Waals surface area (Å²) < 4.78 is 46.2. The Hall–Kier alpha value is -3.67. The number of nitrogens with zero attached hydrogens (tertiary/aromatic N) is 4. The van der Waals surface area contributed by atoms with Gasteiger partial charge in [-0.05, 0) is 50.8 Å². The van der Waals surface area contributed by atoms with Gasteiger partial charge in [-0.2, -0.15) is 18.3 Å². The number of fused-ring (bicyclic) bond motifs is 1. The first-order valence-electron chi connectivity index (χ1n) is 11.6. The lowest BCUT2D eigenvalue weighted by molar-refractivity contribution is -0.144. The number of aromatic nitrogens is 3. The summed E-state index contributed by atoms with van der Waals surface area (Å²) in [4.78, 5) is 31.5. The third kappa shape index (κ3) is 4.99. The number of alkyl halides is 3. The number of hydrogen-bond donors (Lipinski definition) is 2. The van der Waals surface area contributed by atoms with Crippen LogP contribution in [0.3, 0.4) is 0 Å². The molecule has 0 aliphatic carbocycles. The number of likely N-dealkylation sites (N-methyl/N-ethyl adjacent to an activating group) is 1. The fraction of sp³-hybridized carbons (Fsp3) is 0.417. The summed E-state index contributed by atoms with van der Waals surface area (Å²) in [7, 11) is 0. The van der Waals surface area contributed by atoms with E-state index in [0.717, 1.165) is 31.4 Å². The van der Waals surface area contributed by atoms with E-state index in [2.05, 4.69) is 15.4 Å². The molecule has 0 bridgehead atoms. The number of rotatable bonds is 5. The molecule has 3 N–H and O–H groups in total. The first kappa shape index (κ1) is 25.4. The maximum absolute atomic E-state index is 13.1. The number of nitrogens with one attached hydrogen (secondary N) is 1. The molecule has 4 rings (SSSR count). The van der Waals surface area contributed by atoms with Gasteiger partial charge in [0.15, 0.2) is 6.23 Å². The van der Waals surface area contributed by atoms with Crippen LogP contribution in [0.1, 0.15) is 56.5 Å². The molecule has 1 aromatic carbocycles. The van der Waals surface area contributed by atoms with Gasteiger partial charge in [-0.1, -0.05) is 12.1 Å². The Labute approximate surface area is 205 Å². The van der Waals surface area contributed by atoms with Gasteiger partial charge in [-0.25, -0.2) is 9.67 Å². The number of ether oxygens (including phenoxy) is 1. The third-order valence-corrected chi connectivity index (χ3v) is 6.32. The quantitative estimate of drug-likeness (QED) is 0.501. The average Bonchev–Trinajstić information content (AvgIpc) is 3.32. The normalized spacial score (nSPS) is 17.1. The summed E-state index contributed by atoms with van der Waals surface area (Å²) in [6, 6.07) is 3.88. The van der Waals surface area contributed by atoms with Crippen LogP contribution in [0.15, 0.2) is 36.7 Å². The molecule has 0 spiro atoms. The van der Waals surface area contributed by atoms with Crippen molar-refractivity contribution in [1.82, 2.24) is 19.7 Å². The number of carbonyl (C=O) groups is 2. The van der Waals surface area contributed by atoms with Crippen LogP contribution in [-0.4, -0.2) is 44.6 Å². The second-order valence-corrected chi connectivity index (χ2v) is 8.57. The van der Waals surface area contributed by atoms with Crippen LogP contribution in [0.5, 0.6) is 0 Å². The Kier molecular flexibility index (Phi) is 7.16. The SMILES string of the molecule is CCN(C(=O)C(=O)Nc1cnc(N)c2cnn(C3CCCCO3)c12)C(C)c1ccc(C(F)(F)F)cc1. The fourth-order valence-electron chi connectivity index (χ4n) is 4.34. The molecule has 0 radical (unpaired) electrons. The smallest absolute Gasteiger partial charge is 0.383 e. The second kappa shape index (κ2) is 10.1. The van der Waals surface area contributed by atoms with Crippen molar-refractivity contribution in [2.24, 2.45) is 0 Å². The molecule has 9 nitrogen and oxygen atoms in total. The van der Waals surface area contributed by atoms with Crippen LogP contribution in [0.25, 0.3) is 10.9 Å². The fourth-order valence-corrected chi connectivity index (χ4v) is 4.34. The Bertz CT molecular complexity index is 1250. The molecule has 36 heavy (non-hydrogen) atoms. The summed E-state index contributed by atoms with van der Waals surface area (Å²) in [5.41, 5.74) is 6.43. The number of benzene rings is 1. The van der Waals surface area contributed by atoms with Crippen LogP contribution in [0.4, 0.5) is 24.7 Å². The molecule has 2 unspecified atom stereocenters. The number of nitrogens with two attached hydrogens (primary N) is 1. The predicted octanol–water partition coefficient (Wildman–Crippen LogP) is 4.28. The van der Waals surface area contributed by atoms with Gasteiger partial charge < -0.3 is 20.7 Å². The van der Waals surface area contributed by atoms with Crippen LogP contribution in [0, 0.1) is 0 Å². The van der Waals surface area contributed by atoms with Crippen LogP contribution < -0.4 is 11.1 Å². The largest absolute Gasteiger partial charge is 0.416 e. The van der Waals surface area contributed by atoms with Crippen molar-refractivity contribution < 1.29 is 27.5 Å². The molecule has 1 aliphatic heterocycles. The van der Waals surface area contributed by atoms with Crippen LogP contribution >= 0.6 is 0 Å². The molecular formula is C24H27F3N6O3. The number of hydrogen-bond acceptors (Lipinski definition) is 6. The summed E-state index contributed by atoms with van der Waals surface area (Å²) >= 11 is 0. The van der Waals surface area contributed by atoms with E-state index in [1.165, 1.54) is 29.4 Å². The van der Waals surface area contributed by atoms with Crippen molar-refractivity contribution >= 4 is 34.2 Å². The molecule has 2 atom stereocenters. The van der Waals surface area contributed by atoms with Gasteiger partial charge in [-0.15, -0.1) is 0 Å². The number of anilines is 2. The van der Waals surface area contributed by atoms with Crippen molar-refractivity contribution in [3.8, 4) is 0 Å². The Balaban J connectivity index is 1.57. The zero-order valence-electron chi connectivity index (χ0n) is 19.9. The van der Waals surface area contributed by atoms with Gasteiger partial charge in [0.1, 0.15) is 11.3 Å². The van der Waals surface area contributed by atoms with E-state index in [4.69, 9.17) is 10.5 Å². The molecule has 1 saturated heterocycles. The van der Waals surface area contributed by atoms with E-state index in [0.29, 0.717) is 23.1 Å². The highest BCUT2D eigenvalue weighted by Gasteiger charge is 2.31. The molecule has 3 heterocycles. The minimum Gasteiger partial charge on any atom is -0.383 e. The summed E-state index contributed by atoms with van der Waals surface area (Å²) in [6.07, 6.45) is 0.741. The molecular weight excluding hydrogens is 477 g/mol. The summed E-state index contributed by atoms with van der Waals surface area (Å²) in [5, 5.41) is 7.51. The maximum Gasteiger partial charge on any atom is 0.416 e. The minimum atomic E-state index is -4.46. The van der Waals surface area contributed by atoms with E-state index < -0.39 is 29.6 Å². The van der Waals surface area contributed by atoms with Gasteiger partial charge in [0.25, 0.3) is 0 Å². The van der Waals surface area contributed by atoms with E-state index in [9.17, 15) is 22.8 Å². The first-order valence-corrected chi connectivity index (χ1v) is 11.6. The molecule has 1 fully saturated rings. The van der Waals surface area contributed by atoms with Crippen molar-refractivity contribution in [3.05, 3.63) is 47.8 Å². The zero-order valence-corrected chi connectivity index (χ0v) is 19.9. The van der Waals surface area contributed by atoms with Gasteiger partial charge in [0.2, 0.25) is 0 Å². The molecule has 3 aromatic rings. The van der Waals surface area contributed by atoms with Crippen LogP contribution in [0.2, 0.25) is 0 Å². The minimum absolute atomic E-state index is 0.164. The molecule has 0 saturated carbocycles. The van der Waals surface area contributed by atoms with Crippen LogP contribution in [-0.2, 0) is 20.5 Å². The summed E-state index contributed by atoms with van der Waals surface area (Å²) in [6.45, 7) is 4.08. The Morgan fingerprint density at radius 1 is 1.25 bits per heavy atom. The maximum atomic E-state index is 13.1. The molecule has 2 amide bonds. The second-order valence-electron chi connectivity index (χ2n) is 8.57. The molecule has 1 aliphatic rings. The van der Waals surface area contributed by atoms with Gasteiger partial charge in [0.05, 0.1) is 35.1 Å². The van der Waals surface area contributed by atoms with Crippen molar-refractivity contribution in [1.29, 1.82) is 0 Å². The van der Waals surface area contributed by atoms with Crippen molar-refractivity contribution in [2.75, 3.05) is 24.2 Å². The van der Waals surface area contributed by atoms with E-state index in [1.54, 1.807) is 18.5 Å². The standard InChI is InChI=1S/C24H27F3N6O3/c1-3-32(14(2)15-7-9-16(10-8-15)24(25,26)27)23(35)22(34)31-18-13-29-21(28)17-12-30-33(20(17)18)19-6-4-5-11-36-19/h7-10,12-14,19H,3-6,11H2,1-2H3,(H2,28,29)(H,31,34). The monoisotopic (exact) mass is 504 g/mol. The Morgan fingerprint density at radius 2 is 1.97 bits per heavy atom. The number of pyridine rings is 1.